The van der Waals surface area contributed by atoms with E-state index in [1.54, 1.807) is 0 Å². The Morgan fingerprint density at radius 1 is 1.29 bits per heavy atom. The van der Waals surface area contributed by atoms with E-state index in [1.807, 2.05) is 0 Å². The minimum absolute atomic E-state index is 0.265. The summed E-state index contributed by atoms with van der Waals surface area (Å²) in [5, 5.41) is 3.68. The van der Waals surface area contributed by atoms with Crippen LogP contribution in [0.1, 0.15) is 52.9 Å². The maximum Gasteiger partial charge on any atom is 0.0651 e. The molecule has 1 aliphatic heterocycles. The second kappa shape index (κ2) is 5.72. The van der Waals surface area contributed by atoms with Crippen molar-refractivity contribution in [1.29, 1.82) is 0 Å². The van der Waals surface area contributed by atoms with Gasteiger partial charge in [-0.3, -0.25) is 0 Å². The molecule has 0 aromatic heterocycles. The van der Waals surface area contributed by atoms with Gasteiger partial charge in [0.05, 0.1) is 12.7 Å². The summed E-state index contributed by atoms with van der Waals surface area (Å²) in [5.41, 5.74) is 0.265. The van der Waals surface area contributed by atoms with Crippen LogP contribution in [0.3, 0.4) is 0 Å². The van der Waals surface area contributed by atoms with E-state index in [4.69, 9.17) is 4.74 Å². The van der Waals surface area contributed by atoms with Crippen molar-refractivity contribution in [2.75, 3.05) is 13.2 Å². The van der Waals surface area contributed by atoms with Gasteiger partial charge < -0.3 is 10.1 Å². The summed E-state index contributed by atoms with van der Waals surface area (Å²) in [6, 6.07) is 0. The lowest BCUT2D eigenvalue weighted by molar-refractivity contribution is 0.0241. The zero-order chi connectivity index (χ0) is 10.4. The fourth-order valence-electron chi connectivity index (χ4n) is 2.06. The molecular formula is C12H25NO. The minimum Gasteiger partial charge on any atom is -0.377 e. The van der Waals surface area contributed by atoms with Gasteiger partial charge in [0.1, 0.15) is 0 Å². The average molecular weight is 199 g/mol. The Kier molecular flexibility index (Phi) is 4.90. The Hall–Kier alpha value is -0.0800. The van der Waals surface area contributed by atoms with Crippen LogP contribution in [0.4, 0.5) is 0 Å². The van der Waals surface area contributed by atoms with Gasteiger partial charge in [0.25, 0.3) is 0 Å². The maximum atomic E-state index is 5.77. The quantitative estimate of drug-likeness (QED) is 0.751. The Balaban J connectivity index is 2.45. The molecule has 14 heavy (non-hydrogen) atoms. The molecule has 0 saturated carbocycles. The smallest absolute Gasteiger partial charge is 0.0651 e. The summed E-state index contributed by atoms with van der Waals surface area (Å²) < 4.78 is 5.77. The van der Waals surface area contributed by atoms with Crippen LogP contribution in [0.2, 0.25) is 0 Å². The third kappa shape index (κ3) is 3.58. The lowest BCUT2D eigenvalue weighted by Crippen LogP contribution is -2.48. The standard InChI is InChI=1S/C12H25NO/c1-4-12(10-14-11(2)3)8-6-5-7-9-13-12/h11,13H,4-10H2,1-3H3. The monoisotopic (exact) mass is 199 g/mol. The van der Waals surface area contributed by atoms with Gasteiger partial charge in [0.2, 0.25) is 0 Å². The van der Waals surface area contributed by atoms with Crippen molar-refractivity contribution in [2.24, 2.45) is 0 Å². The van der Waals surface area contributed by atoms with Crippen molar-refractivity contribution in [3.05, 3.63) is 0 Å². The number of hydrogen-bond acceptors (Lipinski definition) is 2. The summed E-state index contributed by atoms with van der Waals surface area (Å²) in [6.07, 6.45) is 6.85. The molecule has 0 amide bonds. The lowest BCUT2D eigenvalue weighted by Gasteiger charge is -2.33. The van der Waals surface area contributed by atoms with Gasteiger partial charge in [-0.25, -0.2) is 0 Å². The van der Waals surface area contributed by atoms with Gasteiger partial charge in [-0.2, -0.15) is 0 Å². The molecule has 84 valence electrons. The van der Waals surface area contributed by atoms with Crippen LogP contribution < -0.4 is 5.32 Å². The number of nitrogens with one attached hydrogen (secondary N) is 1. The largest absolute Gasteiger partial charge is 0.377 e. The van der Waals surface area contributed by atoms with E-state index in [2.05, 4.69) is 26.1 Å². The number of hydrogen-bond donors (Lipinski definition) is 1. The van der Waals surface area contributed by atoms with Crippen molar-refractivity contribution >= 4 is 0 Å². The molecule has 1 saturated heterocycles. The van der Waals surface area contributed by atoms with E-state index < -0.39 is 0 Å². The summed E-state index contributed by atoms with van der Waals surface area (Å²) in [5.74, 6) is 0. The summed E-state index contributed by atoms with van der Waals surface area (Å²) >= 11 is 0. The summed E-state index contributed by atoms with van der Waals surface area (Å²) in [7, 11) is 0. The highest BCUT2D eigenvalue weighted by Gasteiger charge is 2.28. The highest BCUT2D eigenvalue weighted by Crippen LogP contribution is 2.23. The van der Waals surface area contributed by atoms with E-state index >= 15 is 0 Å². The van der Waals surface area contributed by atoms with Crippen LogP contribution in [0, 0.1) is 0 Å². The first-order chi connectivity index (χ1) is 6.68. The predicted octanol–water partition coefficient (Wildman–Crippen LogP) is 2.72. The van der Waals surface area contributed by atoms with Gasteiger partial charge >= 0.3 is 0 Å². The van der Waals surface area contributed by atoms with E-state index in [9.17, 15) is 0 Å². The molecule has 0 aromatic rings. The minimum atomic E-state index is 0.265. The normalized spacial score (nSPS) is 29.1. The van der Waals surface area contributed by atoms with Crippen molar-refractivity contribution < 1.29 is 4.74 Å². The van der Waals surface area contributed by atoms with E-state index in [1.165, 1.54) is 32.1 Å². The van der Waals surface area contributed by atoms with Gasteiger partial charge in [-0.1, -0.05) is 19.8 Å². The molecule has 1 fully saturated rings. The number of ether oxygens (including phenoxy) is 1. The van der Waals surface area contributed by atoms with Crippen molar-refractivity contribution in [1.82, 2.24) is 5.32 Å². The topological polar surface area (TPSA) is 21.3 Å². The summed E-state index contributed by atoms with van der Waals surface area (Å²) in [6.45, 7) is 8.53. The fraction of sp³-hybridized carbons (Fsp3) is 1.00. The van der Waals surface area contributed by atoms with Crippen LogP contribution >= 0.6 is 0 Å². The second-order valence-electron chi connectivity index (χ2n) is 4.73. The highest BCUT2D eigenvalue weighted by molar-refractivity contribution is 4.88. The zero-order valence-corrected chi connectivity index (χ0v) is 9.94. The van der Waals surface area contributed by atoms with E-state index in [0.29, 0.717) is 6.10 Å². The lowest BCUT2D eigenvalue weighted by atomic mass is 9.91. The Labute approximate surface area is 88.4 Å². The molecule has 1 atom stereocenters. The van der Waals surface area contributed by atoms with E-state index in [0.717, 1.165) is 13.2 Å². The van der Waals surface area contributed by atoms with Crippen LogP contribution in [0.15, 0.2) is 0 Å². The predicted molar refractivity (Wildman–Crippen MR) is 60.6 cm³/mol. The maximum absolute atomic E-state index is 5.77. The first kappa shape index (κ1) is 12.0. The van der Waals surface area contributed by atoms with Crippen molar-refractivity contribution in [2.45, 2.75) is 64.5 Å². The van der Waals surface area contributed by atoms with Crippen LogP contribution in [0.5, 0.6) is 0 Å². The average Bonchev–Trinajstić information content (AvgIpc) is 2.41. The molecule has 1 aliphatic rings. The molecule has 0 spiro atoms. The van der Waals surface area contributed by atoms with Crippen LogP contribution in [0.25, 0.3) is 0 Å². The third-order valence-corrected chi connectivity index (χ3v) is 3.20. The molecule has 0 radical (unpaired) electrons. The number of rotatable bonds is 4. The molecule has 2 heteroatoms. The summed E-state index contributed by atoms with van der Waals surface area (Å²) in [4.78, 5) is 0. The molecule has 1 heterocycles. The Morgan fingerprint density at radius 3 is 2.71 bits per heavy atom. The molecule has 0 aliphatic carbocycles. The van der Waals surface area contributed by atoms with Gasteiger partial charge in [-0.15, -0.1) is 0 Å². The molecule has 1 N–H and O–H groups in total. The Bertz CT molecular complexity index is 148. The molecule has 0 bridgehead atoms. The molecule has 0 aromatic carbocycles. The second-order valence-corrected chi connectivity index (χ2v) is 4.73. The first-order valence-corrected chi connectivity index (χ1v) is 6.05. The van der Waals surface area contributed by atoms with Gasteiger partial charge in [-0.05, 0) is 39.7 Å². The van der Waals surface area contributed by atoms with Crippen LogP contribution in [-0.4, -0.2) is 24.8 Å². The van der Waals surface area contributed by atoms with E-state index in [-0.39, 0.29) is 5.54 Å². The molecule has 1 unspecified atom stereocenters. The molecular weight excluding hydrogens is 174 g/mol. The van der Waals surface area contributed by atoms with Crippen molar-refractivity contribution in [3.63, 3.8) is 0 Å². The fourth-order valence-corrected chi connectivity index (χ4v) is 2.06. The highest BCUT2D eigenvalue weighted by atomic mass is 16.5. The van der Waals surface area contributed by atoms with Crippen LogP contribution in [-0.2, 0) is 4.74 Å². The molecule has 2 nitrogen and oxygen atoms in total. The molecule has 1 rings (SSSR count). The van der Waals surface area contributed by atoms with Gasteiger partial charge in [0.15, 0.2) is 0 Å². The SMILES string of the molecule is CCC1(COC(C)C)CCCCCN1. The zero-order valence-electron chi connectivity index (χ0n) is 9.94. The van der Waals surface area contributed by atoms with Gasteiger partial charge in [0, 0.05) is 5.54 Å². The Morgan fingerprint density at radius 2 is 2.07 bits per heavy atom. The third-order valence-electron chi connectivity index (χ3n) is 3.20. The van der Waals surface area contributed by atoms with Crippen molar-refractivity contribution in [3.8, 4) is 0 Å². The first-order valence-electron chi connectivity index (χ1n) is 6.05.